The van der Waals surface area contributed by atoms with Gasteiger partial charge in [-0.2, -0.15) is 0 Å². The molecule has 0 aromatic carbocycles. The summed E-state index contributed by atoms with van der Waals surface area (Å²) in [6.45, 7) is 0. The summed E-state index contributed by atoms with van der Waals surface area (Å²) < 4.78 is 8.95. The Balaban J connectivity index is 0. The van der Waals surface area contributed by atoms with Gasteiger partial charge in [0, 0.05) is 32.7 Å². The van der Waals surface area contributed by atoms with Gasteiger partial charge in [0.1, 0.15) is 0 Å². The molecule has 0 aliphatic rings. The largest absolute Gasteiger partial charge is 0.610 e. The zero-order valence-corrected chi connectivity index (χ0v) is 7.07. The minimum Gasteiger partial charge on any atom is -0.610 e. The molecule has 0 aromatic rings. The van der Waals surface area contributed by atoms with Gasteiger partial charge in [0.15, 0.2) is 0 Å². The molecule has 2 nitrogen and oxygen atoms in total. The van der Waals surface area contributed by atoms with Crippen molar-refractivity contribution in [2.75, 3.05) is 0 Å². The van der Waals surface area contributed by atoms with Crippen LogP contribution in [0.25, 0.3) is 0 Å². The molecular weight excluding hydrogens is 180 g/mol. The molecule has 0 aromatic heterocycles. The van der Waals surface area contributed by atoms with E-state index in [-0.39, 0.29) is 32.7 Å². The molecule has 0 aliphatic heterocycles. The van der Waals surface area contributed by atoms with E-state index in [0.717, 1.165) is 0 Å². The molecule has 0 saturated carbocycles. The van der Waals surface area contributed by atoms with Gasteiger partial charge in [-0.05, 0) is 0 Å². The first-order valence-corrected chi connectivity index (χ1v) is 3.11. The topological polar surface area (TPSA) is 40.1 Å². The van der Waals surface area contributed by atoms with Crippen LogP contribution in [0.15, 0.2) is 0 Å². The van der Waals surface area contributed by atoms with Crippen LogP contribution in [0, 0.1) is 0 Å². The fraction of sp³-hybridized carbons (Fsp3) is 0. The maximum absolute atomic E-state index is 8.95. The van der Waals surface area contributed by atoms with E-state index in [2.05, 4.69) is 9.91 Å². The molecule has 0 bridgehead atoms. The molecule has 0 amide bonds. The van der Waals surface area contributed by atoms with E-state index in [1.807, 2.05) is 0 Å². The number of rotatable bonds is 0. The van der Waals surface area contributed by atoms with Crippen molar-refractivity contribution in [3.05, 3.63) is 0 Å². The summed E-state index contributed by atoms with van der Waals surface area (Å²) in [5, 5.41) is 0. The third kappa shape index (κ3) is 32.3. The van der Waals surface area contributed by atoms with Crippen molar-refractivity contribution in [1.29, 1.82) is 0 Å². The summed E-state index contributed by atoms with van der Waals surface area (Å²) in [6, 6.07) is 0. The van der Waals surface area contributed by atoms with E-state index in [1.54, 1.807) is 0 Å². The van der Waals surface area contributed by atoms with Gasteiger partial charge in [-0.25, -0.2) is 0 Å². The third-order valence-electron chi connectivity index (χ3n) is 0. The Morgan fingerprint density at radius 2 is 1.80 bits per heavy atom. The van der Waals surface area contributed by atoms with Gasteiger partial charge in [-0.3, -0.25) is 0 Å². The summed E-state index contributed by atoms with van der Waals surface area (Å²) in [5.41, 5.74) is 0. The minimum atomic E-state index is -2.31. The molecule has 5 heteroatoms. The fourth-order valence-electron chi connectivity index (χ4n) is 0. The van der Waals surface area contributed by atoms with Gasteiger partial charge in [0.2, 0.25) is 7.58 Å². The second-order valence-electron chi connectivity index (χ2n) is 0.257. The first-order chi connectivity index (χ1) is 1.73. The smallest absolute Gasteiger partial charge is 0.463 e. The first kappa shape index (κ1) is 9.63. The standard InChI is InChI=1S/O2PSi.Y/c1-3(2)4;. The number of hydrogen-bond acceptors (Lipinski definition) is 2. The Morgan fingerprint density at radius 1 is 1.80 bits per heavy atom. The second kappa shape index (κ2) is 5.38. The van der Waals surface area contributed by atoms with Crippen LogP contribution in [0.5, 0.6) is 0 Å². The quantitative estimate of drug-likeness (QED) is 0.360. The second-order valence-corrected chi connectivity index (χ2v) is 1.87. The molecule has 0 heterocycles. The van der Waals surface area contributed by atoms with Gasteiger partial charge < -0.3 is 4.89 Å². The van der Waals surface area contributed by atoms with Gasteiger partial charge in [-0.15, -0.1) is 0 Å². The SMILES string of the molecule is O=[P+]([O-])[Si].[Y]. The Hall–Kier alpha value is 1.38. The van der Waals surface area contributed by atoms with Crippen LogP contribution < -0.4 is 4.89 Å². The van der Waals surface area contributed by atoms with Gasteiger partial charge in [0.25, 0.3) is 0 Å². The molecule has 0 saturated heterocycles. The van der Waals surface area contributed by atoms with Crippen molar-refractivity contribution >= 4 is 17.5 Å². The van der Waals surface area contributed by atoms with Crippen LogP contribution in [0.3, 0.4) is 0 Å². The van der Waals surface area contributed by atoms with Crippen LogP contribution in [-0.4, -0.2) is 9.91 Å². The van der Waals surface area contributed by atoms with Crippen LogP contribution in [-0.2, 0) is 37.3 Å². The molecule has 1 atom stereocenters. The van der Waals surface area contributed by atoms with E-state index in [1.165, 1.54) is 0 Å². The fourth-order valence-corrected chi connectivity index (χ4v) is 0. The van der Waals surface area contributed by atoms with Crippen LogP contribution in [0.4, 0.5) is 0 Å². The summed E-state index contributed by atoms with van der Waals surface area (Å²) in [7, 11) is -0.0494. The Labute approximate surface area is 59.4 Å². The third-order valence-corrected chi connectivity index (χ3v) is 0. The van der Waals surface area contributed by atoms with E-state index in [9.17, 15) is 0 Å². The van der Waals surface area contributed by atoms with Crippen molar-refractivity contribution in [3.8, 4) is 0 Å². The predicted octanol–water partition coefficient (Wildman–Crippen LogP) is -0.830. The maximum Gasteiger partial charge on any atom is 0.463 e. The van der Waals surface area contributed by atoms with E-state index < -0.39 is 7.58 Å². The minimum absolute atomic E-state index is 0. The van der Waals surface area contributed by atoms with Crippen molar-refractivity contribution < 1.29 is 42.2 Å². The van der Waals surface area contributed by atoms with E-state index in [4.69, 9.17) is 9.46 Å². The van der Waals surface area contributed by atoms with E-state index >= 15 is 0 Å². The van der Waals surface area contributed by atoms with Crippen LogP contribution >= 0.6 is 7.58 Å². The van der Waals surface area contributed by atoms with Gasteiger partial charge in [0.05, 0.1) is 0 Å². The monoisotopic (exact) mass is 180 g/mol. The van der Waals surface area contributed by atoms with Crippen LogP contribution in [0.1, 0.15) is 0 Å². The Bertz CT molecular complexity index is 32.6. The predicted molar refractivity (Wildman–Crippen MR) is 13.4 cm³/mol. The molecule has 0 spiro atoms. The summed E-state index contributed by atoms with van der Waals surface area (Å²) in [5.74, 6) is 0. The summed E-state index contributed by atoms with van der Waals surface area (Å²) >= 11 is 0. The summed E-state index contributed by atoms with van der Waals surface area (Å²) in [4.78, 5) is 8.95. The average molecular weight is 180 g/mol. The molecule has 24 valence electrons. The van der Waals surface area contributed by atoms with Gasteiger partial charge in [-0.1, -0.05) is 4.57 Å². The molecule has 4 radical (unpaired) electrons. The maximum atomic E-state index is 8.95. The van der Waals surface area contributed by atoms with Gasteiger partial charge >= 0.3 is 9.91 Å². The summed E-state index contributed by atoms with van der Waals surface area (Å²) in [6.07, 6.45) is 0. The molecule has 0 rings (SSSR count). The van der Waals surface area contributed by atoms with Crippen molar-refractivity contribution in [2.45, 2.75) is 0 Å². The normalized spacial score (nSPS) is 8.80. The zero-order chi connectivity index (χ0) is 3.58. The average Bonchev–Trinajstić information content (AvgIpc) is 0.811. The van der Waals surface area contributed by atoms with Crippen molar-refractivity contribution in [1.82, 2.24) is 0 Å². The number of hydrogen-bond donors (Lipinski definition) is 0. The molecular formula is O2PSiY. The molecule has 0 fully saturated rings. The Morgan fingerprint density at radius 3 is 1.80 bits per heavy atom. The Kier molecular flexibility index (Phi) is 10.4. The van der Waals surface area contributed by atoms with Crippen LogP contribution in [0.2, 0.25) is 0 Å². The van der Waals surface area contributed by atoms with Crippen molar-refractivity contribution in [2.24, 2.45) is 0 Å². The molecule has 1 unspecified atom stereocenters. The molecule has 5 heavy (non-hydrogen) atoms. The first-order valence-electron chi connectivity index (χ1n) is 0.589. The zero-order valence-electron chi connectivity index (χ0n) is 2.34. The van der Waals surface area contributed by atoms with Crippen molar-refractivity contribution in [3.63, 3.8) is 0 Å². The molecule has 0 aliphatic carbocycles. The molecule has 0 N–H and O–H groups in total. The van der Waals surface area contributed by atoms with E-state index in [0.29, 0.717) is 0 Å².